The Balaban J connectivity index is 2.82. The van der Waals surface area contributed by atoms with Crippen molar-refractivity contribution in [3.63, 3.8) is 0 Å². The smallest absolute Gasteiger partial charge is 0.0839 e. The summed E-state index contributed by atoms with van der Waals surface area (Å²) < 4.78 is 0. The zero-order chi connectivity index (χ0) is 8.55. The number of aromatic amines is 1. The van der Waals surface area contributed by atoms with Crippen molar-refractivity contribution in [3.05, 3.63) is 28.9 Å². The minimum atomic E-state index is 0.507. The van der Waals surface area contributed by atoms with Gasteiger partial charge in [-0.05, 0) is 11.6 Å². The van der Waals surface area contributed by atoms with Crippen molar-refractivity contribution < 1.29 is 0 Å². The molecule has 0 radical (unpaired) electrons. The van der Waals surface area contributed by atoms with Crippen LogP contribution in [0.1, 0.15) is 5.56 Å². The number of benzene rings is 1. The summed E-state index contributed by atoms with van der Waals surface area (Å²) >= 11 is 5.92. The van der Waals surface area contributed by atoms with E-state index < -0.39 is 0 Å². The van der Waals surface area contributed by atoms with Crippen LogP contribution in [0.5, 0.6) is 0 Å². The van der Waals surface area contributed by atoms with Crippen molar-refractivity contribution in [2.75, 3.05) is 0 Å². The molecule has 0 atom stereocenters. The topological polar surface area (TPSA) is 54.7 Å². The first-order valence-electron chi connectivity index (χ1n) is 3.63. The first kappa shape index (κ1) is 7.58. The highest BCUT2D eigenvalue weighted by molar-refractivity contribution is 6.35. The van der Waals surface area contributed by atoms with Crippen LogP contribution in [-0.4, -0.2) is 10.2 Å². The van der Waals surface area contributed by atoms with Gasteiger partial charge in [-0.1, -0.05) is 17.7 Å². The minimum absolute atomic E-state index is 0.507. The predicted molar refractivity (Wildman–Crippen MR) is 49.0 cm³/mol. The van der Waals surface area contributed by atoms with Crippen LogP contribution < -0.4 is 5.73 Å². The average molecular weight is 182 g/mol. The first-order chi connectivity index (χ1) is 5.83. The summed E-state index contributed by atoms with van der Waals surface area (Å²) in [7, 11) is 0. The minimum Gasteiger partial charge on any atom is -0.326 e. The number of nitrogens with two attached hydrogens (primary N) is 1. The standard InChI is InChI=1S/C8H8ClN3/c9-7-2-1-5(3-10)6-4-11-12-8(6)7/h1-2,4H,3,10H2,(H,11,12). The lowest BCUT2D eigenvalue weighted by molar-refractivity contribution is 1.09. The molecule has 0 spiro atoms. The van der Waals surface area contributed by atoms with Crippen LogP contribution >= 0.6 is 11.6 Å². The SMILES string of the molecule is NCc1ccc(Cl)c2[nH]ncc12. The maximum atomic E-state index is 5.92. The summed E-state index contributed by atoms with van der Waals surface area (Å²) in [5, 5.41) is 8.42. The lowest BCUT2D eigenvalue weighted by atomic mass is 10.1. The van der Waals surface area contributed by atoms with Gasteiger partial charge in [-0.2, -0.15) is 5.10 Å². The van der Waals surface area contributed by atoms with Crippen molar-refractivity contribution in [1.29, 1.82) is 0 Å². The van der Waals surface area contributed by atoms with Crippen LogP contribution in [-0.2, 0) is 6.54 Å². The Hall–Kier alpha value is -1.06. The second-order valence-corrected chi connectivity index (χ2v) is 2.98. The molecule has 0 saturated heterocycles. The van der Waals surface area contributed by atoms with Crippen LogP contribution in [0, 0.1) is 0 Å². The number of aromatic nitrogens is 2. The quantitative estimate of drug-likeness (QED) is 0.703. The molecule has 0 fully saturated rings. The third kappa shape index (κ3) is 0.983. The number of hydrogen-bond donors (Lipinski definition) is 2. The number of nitrogens with one attached hydrogen (secondary N) is 1. The number of hydrogen-bond acceptors (Lipinski definition) is 2. The van der Waals surface area contributed by atoms with Gasteiger partial charge in [0, 0.05) is 11.9 Å². The van der Waals surface area contributed by atoms with Crippen LogP contribution in [0.2, 0.25) is 5.02 Å². The normalized spacial score (nSPS) is 10.8. The van der Waals surface area contributed by atoms with E-state index in [0.717, 1.165) is 16.5 Å². The van der Waals surface area contributed by atoms with Crippen molar-refractivity contribution in [3.8, 4) is 0 Å². The molecule has 1 aromatic heterocycles. The molecule has 4 heteroatoms. The molecule has 3 nitrogen and oxygen atoms in total. The van der Waals surface area contributed by atoms with Crippen molar-refractivity contribution in [1.82, 2.24) is 10.2 Å². The summed E-state index contributed by atoms with van der Waals surface area (Å²) in [6.07, 6.45) is 1.74. The van der Waals surface area contributed by atoms with Gasteiger partial charge < -0.3 is 5.73 Å². The molecule has 0 amide bonds. The Morgan fingerprint density at radius 2 is 2.33 bits per heavy atom. The average Bonchev–Trinajstić information content (AvgIpc) is 2.54. The lowest BCUT2D eigenvalue weighted by Gasteiger charge is -1.98. The Labute approximate surface area is 74.5 Å². The van der Waals surface area contributed by atoms with Crippen LogP contribution in [0.3, 0.4) is 0 Å². The van der Waals surface area contributed by atoms with Gasteiger partial charge in [0.1, 0.15) is 0 Å². The zero-order valence-corrected chi connectivity index (χ0v) is 7.10. The van der Waals surface area contributed by atoms with E-state index in [2.05, 4.69) is 10.2 Å². The van der Waals surface area contributed by atoms with Gasteiger partial charge in [-0.25, -0.2) is 0 Å². The second-order valence-electron chi connectivity index (χ2n) is 2.57. The molecule has 0 bridgehead atoms. The molecule has 0 saturated carbocycles. The highest BCUT2D eigenvalue weighted by Crippen LogP contribution is 2.23. The van der Waals surface area contributed by atoms with E-state index >= 15 is 0 Å². The van der Waals surface area contributed by atoms with E-state index in [1.54, 1.807) is 6.20 Å². The number of fused-ring (bicyclic) bond motifs is 1. The molecule has 1 aromatic carbocycles. The van der Waals surface area contributed by atoms with Gasteiger partial charge in [0.2, 0.25) is 0 Å². The molecule has 0 aliphatic rings. The summed E-state index contributed by atoms with van der Waals surface area (Å²) in [6, 6.07) is 3.74. The van der Waals surface area contributed by atoms with E-state index in [9.17, 15) is 0 Å². The Kier molecular flexibility index (Phi) is 1.75. The number of H-pyrrole nitrogens is 1. The van der Waals surface area contributed by atoms with Gasteiger partial charge in [-0.3, -0.25) is 5.10 Å². The van der Waals surface area contributed by atoms with Gasteiger partial charge in [0.25, 0.3) is 0 Å². The molecule has 62 valence electrons. The van der Waals surface area contributed by atoms with E-state index in [1.807, 2.05) is 12.1 Å². The van der Waals surface area contributed by atoms with Gasteiger partial charge in [0.05, 0.1) is 16.7 Å². The number of halogens is 1. The van der Waals surface area contributed by atoms with Crippen molar-refractivity contribution >= 4 is 22.5 Å². The molecule has 0 aliphatic carbocycles. The van der Waals surface area contributed by atoms with Crippen molar-refractivity contribution in [2.45, 2.75) is 6.54 Å². The van der Waals surface area contributed by atoms with Gasteiger partial charge in [0.15, 0.2) is 0 Å². The second kappa shape index (κ2) is 2.77. The molecular weight excluding hydrogens is 174 g/mol. The molecular formula is C8H8ClN3. The highest BCUT2D eigenvalue weighted by Gasteiger charge is 2.04. The molecule has 12 heavy (non-hydrogen) atoms. The monoisotopic (exact) mass is 181 g/mol. The van der Waals surface area contributed by atoms with E-state index in [4.69, 9.17) is 17.3 Å². The summed E-state index contributed by atoms with van der Waals surface area (Å²) in [5.41, 5.74) is 7.46. The fourth-order valence-corrected chi connectivity index (χ4v) is 1.44. The van der Waals surface area contributed by atoms with E-state index in [1.165, 1.54) is 0 Å². The summed E-state index contributed by atoms with van der Waals surface area (Å²) in [4.78, 5) is 0. The molecule has 1 heterocycles. The third-order valence-corrected chi connectivity index (χ3v) is 2.19. The van der Waals surface area contributed by atoms with E-state index in [-0.39, 0.29) is 0 Å². The van der Waals surface area contributed by atoms with Gasteiger partial charge >= 0.3 is 0 Å². The Morgan fingerprint density at radius 3 is 3.08 bits per heavy atom. The van der Waals surface area contributed by atoms with Crippen molar-refractivity contribution in [2.24, 2.45) is 5.73 Å². The Morgan fingerprint density at radius 1 is 1.50 bits per heavy atom. The highest BCUT2D eigenvalue weighted by atomic mass is 35.5. The summed E-state index contributed by atoms with van der Waals surface area (Å²) in [6.45, 7) is 0.507. The van der Waals surface area contributed by atoms with E-state index in [0.29, 0.717) is 11.6 Å². The maximum absolute atomic E-state index is 5.92. The molecule has 3 N–H and O–H groups in total. The maximum Gasteiger partial charge on any atom is 0.0839 e. The predicted octanol–water partition coefficient (Wildman–Crippen LogP) is 1.67. The fourth-order valence-electron chi connectivity index (χ4n) is 1.24. The van der Waals surface area contributed by atoms with Crippen LogP contribution in [0.25, 0.3) is 10.9 Å². The number of rotatable bonds is 1. The van der Waals surface area contributed by atoms with Gasteiger partial charge in [-0.15, -0.1) is 0 Å². The fraction of sp³-hybridized carbons (Fsp3) is 0.125. The molecule has 2 aromatic rings. The summed E-state index contributed by atoms with van der Waals surface area (Å²) in [5.74, 6) is 0. The molecule has 2 rings (SSSR count). The van der Waals surface area contributed by atoms with Crippen LogP contribution in [0.4, 0.5) is 0 Å². The Bertz CT molecular complexity index is 408. The molecule has 0 unspecified atom stereocenters. The first-order valence-corrected chi connectivity index (χ1v) is 4.01. The zero-order valence-electron chi connectivity index (χ0n) is 6.34. The molecule has 0 aliphatic heterocycles. The number of nitrogens with zero attached hydrogens (tertiary/aromatic N) is 1. The largest absolute Gasteiger partial charge is 0.326 e. The lowest BCUT2D eigenvalue weighted by Crippen LogP contribution is -1.96. The van der Waals surface area contributed by atoms with Crippen LogP contribution in [0.15, 0.2) is 18.3 Å². The third-order valence-electron chi connectivity index (χ3n) is 1.87.